The molecule has 0 radical (unpaired) electrons. The summed E-state index contributed by atoms with van der Waals surface area (Å²) < 4.78 is 5.75. The highest BCUT2D eigenvalue weighted by Gasteiger charge is 2.08. The molecule has 2 aromatic rings. The molecule has 0 spiro atoms. The van der Waals surface area contributed by atoms with Gasteiger partial charge in [0.2, 0.25) is 0 Å². The Morgan fingerprint density at radius 1 is 1.24 bits per heavy atom. The van der Waals surface area contributed by atoms with Crippen molar-refractivity contribution in [1.29, 1.82) is 0 Å². The van der Waals surface area contributed by atoms with E-state index in [1.165, 1.54) is 5.56 Å². The van der Waals surface area contributed by atoms with Crippen LogP contribution in [-0.2, 0) is 0 Å². The summed E-state index contributed by atoms with van der Waals surface area (Å²) in [5.74, 6) is 0.883. The van der Waals surface area contributed by atoms with Crippen LogP contribution in [-0.4, -0.2) is 0 Å². The molecule has 0 fully saturated rings. The molecule has 1 nitrogen and oxygen atoms in total. The summed E-state index contributed by atoms with van der Waals surface area (Å²) in [5, 5.41) is 1.13. The number of allylic oxidation sites excluding steroid dienone is 1. The van der Waals surface area contributed by atoms with Gasteiger partial charge in [-0.15, -0.1) is 0 Å². The van der Waals surface area contributed by atoms with Crippen molar-refractivity contribution < 1.29 is 4.42 Å². The zero-order valence-electron chi connectivity index (χ0n) is 11.1. The van der Waals surface area contributed by atoms with Crippen LogP contribution in [0.25, 0.3) is 23.1 Å². The van der Waals surface area contributed by atoms with Gasteiger partial charge in [0.25, 0.3) is 0 Å². The average Bonchev–Trinajstić information content (AvgIpc) is 2.68. The number of hydrogen-bond acceptors (Lipinski definition) is 1. The number of furan rings is 1. The highest BCUT2D eigenvalue weighted by atomic mass is 16.3. The van der Waals surface area contributed by atoms with Gasteiger partial charge in [-0.05, 0) is 31.6 Å². The maximum atomic E-state index is 5.75. The van der Waals surface area contributed by atoms with Crippen LogP contribution >= 0.6 is 0 Å². The molecule has 0 amide bonds. The lowest BCUT2D eigenvalue weighted by Gasteiger charge is -1.91. The average molecular weight is 228 g/mol. The number of benzene rings is 1. The maximum Gasteiger partial charge on any atom is 0.135 e. The van der Waals surface area contributed by atoms with Crippen LogP contribution in [0.3, 0.4) is 0 Å². The summed E-state index contributed by atoms with van der Waals surface area (Å²) in [5.41, 5.74) is 3.21. The van der Waals surface area contributed by atoms with Gasteiger partial charge in [-0.1, -0.05) is 44.7 Å². The third kappa shape index (κ3) is 2.68. The van der Waals surface area contributed by atoms with E-state index in [9.17, 15) is 0 Å². The van der Waals surface area contributed by atoms with Crippen LogP contribution in [0, 0.1) is 6.92 Å². The van der Waals surface area contributed by atoms with Crippen molar-refractivity contribution in [2.75, 3.05) is 0 Å². The van der Waals surface area contributed by atoms with E-state index < -0.39 is 0 Å². The summed E-state index contributed by atoms with van der Waals surface area (Å²) in [6.07, 6.45) is 5.78. The summed E-state index contributed by atoms with van der Waals surface area (Å²) in [4.78, 5) is 0. The molecule has 2 rings (SSSR count). The van der Waals surface area contributed by atoms with Gasteiger partial charge >= 0.3 is 0 Å². The molecule has 0 bridgehead atoms. The quantitative estimate of drug-likeness (QED) is 0.666. The van der Waals surface area contributed by atoms with Crippen molar-refractivity contribution in [3.05, 3.63) is 47.7 Å². The molecule has 0 unspecified atom stereocenters. The van der Waals surface area contributed by atoms with Crippen LogP contribution < -0.4 is 0 Å². The highest BCUT2D eigenvalue weighted by Crippen LogP contribution is 2.28. The van der Waals surface area contributed by atoms with Crippen LogP contribution in [0.15, 0.2) is 35.3 Å². The van der Waals surface area contributed by atoms with Crippen molar-refractivity contribution in [1.82, 2.24) is 0 Å². The predicted octanol–water partition coefficient (Wildman–Crippen LogP) is 5.44. The molecule has 0 aliphatic heterocycles. The Balaban J connectivity index is 0.000000686. The van der Waals surface area contributed by atoms with E-state index in [2.05, 4.69) is 31.7 Å². The zero-order chi connectivity index (χ0) is 12.8. The number of hydrogen-bond donors (Lipinski definition) is 0. The Kier molecular flexibility index (Phi) is 4.77. The number of aryl methyl sites for hydroxylation is 1. The van der Waals surface area contributed by atoms with Crippen molar-refractivity contribution in [3.8, 4) is 0 Å². The monoisotopic (exact) mass is 228 g/mol. The lowest BCUT2D eigenvalue weighted by Crippen LogP contribution is -1.73. The molecular formula is C16H20O. The normalized spacial score (nSPS) is 10.4. The fourth-order valence-corrected chi connectivity index (χ4v) is 1.73. The molecular weight excluding hydrogens is 208 g/mol. The minimum Gasteiger partial charge on any atom is -0.456 e. The second-order valence-electron chi connectivity index (χ2n) is 3.58. The van der Waals surface area contributed by atoms with E-state index >= 15 is 0 Å². The summed E-state index contributed by atoms with van der Waals surface area (Å²) in [6.45, 7) is 11.9. The minimum atomic E-state index is 0.883. The van der Waals surface area contributed by atoms with Gasteiger partial charge in [0, 0.05) is 10.9 Å². The van der Waals surface area contributed by atoms with Gasteiger partial charge in [0.1, 0.15) is 11.3 Å². The van der Waals surface area contributed by atoms with Gasteiger partial charge in [0.05, 0.1) is 0 Å². The highest BCUT2D eigenvalue weighted by molar-refractivity contribution is 5.91. The summed E-state index contributed by atoms with van der Waals surface area (Å²) in [6, 6.07) is 6.22. The molecule has 1 aromatic heterocycles. The van der Waals surface area contributed by atoms with E-state index in [1.54, 1.807) is 0 Å². The fourth-order valence-electron chi connectivity index (χ4n) is 1.73. The third-order valence-electron chi connectivity index (χ3n) is 2.43. The second-order valence-corrected chi connectivity index (χ2v) is 3.58. The van der Waals surface area contributed by atoms with Crippen LogP contribution in [0.4, 0.5) is 0 Å². The first-order chi connectivity index (χ1) is 8.26. The van der Waals surface area contributed by atoms with Gasteiger partial charge < -0.3 is 4.42 Å². The van der Waals surface area contributed by atoms with Gasteiger partial charge in [-0.25, -0.2) is 0 Å². The first-order valence-corrected chi connectivity index (χ1v) is 6.04. The van der Waals surface area contributed by atoms with Gasteiger partial charge in [-0.2, -0.15) is 0 Å². The topological polar surface area (TPSA) is 13.1 Å². The summed E-state index contributed by atoms with van der Waals surface area (Å²) in [7, 11) is 0. The largest absolute Gasteiger partial charge is 0.456 e. The zero-order valence-corrected chi connectivity index (χ0v) is 11.1. The maximum absolute atomic E-state index is 5.75. The van der Waals surface area contributed by atoms with Gasteiger partial charge in [0.15, 0.2) is 0 Å². The Morgan fingerprint density at radius 2 is 1.94 bits per heavy atom. The van der Waals surface area contributed by atoms with Crippen molar-refractivity contribution in [2.45, 2.75) is 27.7 Å². The van der Waals surface area contributed by atoms with Crippen molar-refractivity contribution >= 4 is 23.1 Å². The Hall–Kier alpha value is -1.76. The third-order valence-corrected chi connectivity index (χ3v) is 2.43. The van der Waals surface area contributed by atoms with E-state index in [0.717, 1.165) is 22.3 Å². The number of rotatable bonds is 2. The molecule has 0 aliphatic carbocycles. The van der Waals surface area contributed by atoms with Crippen molar-refractivity contribution in [3.63, 3.8) is 0 Å². The van der Waals surface area contributed by atoms with E-state index in [4.69, 9.17) is 4.42 Å². The molecule has 17 heavy (non-hydrogen) atoms. The van der Waals surface area contributed by atoms with E-state index in [-0.39, 0.29) is 0 Å². The smallest absolute Gasteiger partial charge is 0.135 e. The van der Waals surface area contributed by atoms with E-state index in [0.29, 0.717) is 0 Å². The molecule has 0 saturated carbocycles. The Labute approximate surface area is 103 Å². The molecule has 0 atom stereocenters. The van der Waals surface area contributed by atoms with E-state index in [1.807, 2.05) is 39.0 Å². The second kappa shape index (κ2) is 6.09. The molecule has 1 heterocycles. The molecule has 0 N–H and O–H groups in total. The summed E-state index contributed by atoms with van der Waals surface area (Å²) >= 11 is 0. The van der Waals surface area contributed by atoms with Crippen LogP contribution in [0.2, 0.25) is 0 Å². The molecule has 1 heteroatoms. The van der Waals surface area contributed by atoms with Crippen LogP contribution in [0.1, 0.15) is 37.7 Å². The Bertz CT molecular complexity index is 530. The SMILES string of the molecule is C=Cc1c(/C=C\C)oc2cc(C)ccc12.CC. The van der Waals surface area contributed by atoms with Crippen molar-refractivity contribution in [2.24, 2.45) is 0 Å². The lowest BCUT2D eigenvalue weighted by atomic mass is 10.1. The molecule has 0 saturated heterocycles. The minimum absolute atomic E-state index is 0.883. The Morgan fingerprint density at radius 3 is 2.53 bits per heavy atom. The lowest BCUT2D eigenvalue weighted by molar-refractivity contribution is 0.603. The standard InChI is InChI=1S/C14H14O.C2H6/c1-4-6-13-11(5-2)12-8-7-10(3)9-14(12)15-13;1-2/h4-9H,2H2,1,3H3;1-2H3/b6-4-;. The molecule has 0 aliphatic rings. The molecule has 1 aromatic carbocycles. The molecule has 90 valence electrons. The first kappa shape index (κ1) is 13.3. The van der Waals surface area contributed by atoms with Crippen LogP contribution in [0.5, 0.6) is 0 Å². The van der Waals surface area contributed by atoms with Gasteiger partial charge in [-0.3, -0.25) is 0 Å². The predicted molar refractivity (Wildman–Crippen MR) is 77.1 cm³/mol. The first-order valence-electron chi connectivity index (χ1n) is 6.04. The number of fused-ring (bicyclic) bond motifs is 1. The fraction of sp³-hybridized carbons (Fsp3) is 0.250.